The molecule has 0 heterocycles. The minimum atomic E-state index is -1.07. The Morgan fingerprint density at radius 2 is 2.19 bits per heavy atom. The minimum absolute atomic E-state index is 0.329. The second-order valence-corrected chi connectivity index (χ2v) is 6.08. The molecule has 1 aliphatic carbocycles. The minimum Gasteiger partial charge on any atom is -0.478 e. The van der Waals surface area contributed by atoms with Crippen LogP contribution in [0, 0.1) is 11.7 Å². The van der Waals surface area contributed by atoms with E-state index in [1.807, 2.05) is 0 Å². The van der Waals surface area contributed by atoms with Crippen LogP contribution >= 0.6 is 0 Å². The van der Waals surface area contributed by atoms with E-state index in [0.717, 1.165) is 24.7 Å². The Balaban J connectivity index is 2.11. The summed E-state index contributed by atoms with van der Waals surface area (Å²) in [5.41, 5.74) is 1.35. The third kappa shape index (κ3) is 4.97. The van der Waals surface area contributed by atoms with Gasteiger partial charge in [0.05, 0.1) is 0 Å². The highest BCUT2D eigenvalue weighted by Crippen LogP contribution is 2.29. The van der Waals surface area contributed by atoms with Gasteiger partial charge in [0, 0.05) is 30.8 Å². The molecule has 1 aromatic carbocycles. The molecule has 114 valence electrons. The molecule has 0 aliphatic heterocycles. The predicted octanol–water partition coefficient (Wildman–Crippen LogP) is 3.54. The maximum atomic E-state index is 13.7. The first-order valence-electron chi connectivity index (χ1n) is 7.39. The summed E-state index contributed by atoms with van der Waals surface area (Å²) >= 11 is 0. The molecule has 0 unspecified atom stereocenters. The standard InChI is InChI=1S/C17H22FNO2/c1-12(2)10-19(15-5-6-15)11-13-3-7-16(18)14(9-13)4-8-17(20)21/h3-4,7-9,12,15H,5-6,10-11H2,1-2H3,(H,20,21). The van der Waals surface area contributed by atoms with Crippen LogP contribution in [-0.4, -0.2) is 28.6 Å². The van der Waals surface area contributed by atoms with Crippen LogP contribution < -0.4 is 0 Å². The highest BCUT2D eigenvalue weighted by molar-refractivity contribution is 5.85. The summed E-state index contributed by atoms with van der Waals surface area (Å²) in [4.78, 5) is 13.0. The Bertz CT molecular complexity index is 536. The van der Waals surface area contributed by atoms with E-state index >= 15 is 0 Å². The van der Waals surface area contributed by atoms with Gasteiger partial charge in [-0.15, -0.1) is 0 Å². The van der Waals surface area contributed by atoms with Crippen LogP contribution in [0.25, 0.3) is 6.08 Å². The summed E-state index contributed by atoms with van der Waals surface area (Å²) in [5.74, 6) is -0.866. The van der Waals surface area contributed by atoms with E-state index in [1.54, 1.807) is 12.1 Å². The number of carboxylic acids is 1. The van der Waals surface area contributed by atoms with E-state index in [9.17, 15) is 9.18 Å². The number of halogens is 1. The van der Waals surface area contributed by atoms with Crippen molar-refractivity contribution in [2.75, 3.05) is 6.54 Å². The Morgan fingerprint density at radius 1 is 1.48 bits per heavy atom. The molecule has 1 fully saturated rings. The van der Waals surface area contributed by atoms with Gasteiger partial charge in [-0.25, -0.2) is 9.18 Å². The van der Waals surface area contributed by atoms with Gasteiger partial charge in [-0.2, -0.15) is 0 Å². The molecule has 4 heteroatoms. The van der Waals surface area contributed by atoms with E-state index in [4.69, 9.17) is 5.11 Å². The van der Waals surface area contributed by atoms with Crippen LogP contribution in [0.5, 0.6) is 0 Å². The van der Waals surface area contributed by atoms with Crippen molar-refractivity contribution in [3.63, 3.8) is 0 Å². The fourth-order valence-corrected chi connectivity index (χ4v) is 2.47. The van der Waals surface area contributed by atoms with Crippen molar-refractivity contribution in [2.24, 2.45) is 5.92 Å². The second kappa shape index (κ2) is 6.85. The summed E-state index contributed by atoms with van der Waals surface area (Å²) in [6, 6.07) is 5.58. The number of carboxylic acid groups (broad SMARTS) is 1. The van der Waals surface area contributed by atoms with E-state index in [-0.39, 0.29) is 0 Å². The van der Waals surface area contributed by atoms with Crippen molar-refractivity contribution in [2.45, 2.75) is 39.3 Å². The van der Waals surface area contributed by atoms with E-state index in [2.05, 4.69) is 18.7 Å². The number of aliphatic carboxylic acids is 1. The Morgan fingerprint density at radius 3 is 2.76 bits per heavy atom. The zero-order valence-electron chi connectivity index (χ0n) is 12.6. The van der Waals surface area contributed by atoms with Crippen molar-refractivity contribution in [3.8, 4) is 0 Å². The molecule has 1 aliphatic rings. The number of benzene rings is 1. The first kappa shape index (κ1) is 15.7. The summed E-state index contributed by atoms with van der Waals surface area (Å²) in [6.45, 7) is 6.21. The normalized spacial score (nSPS) is 15.3. The molecule has 0 saturated heterocycles. The third-order valence-electron chi connectivity index (χ3n) is 3.51. The van der Waals surface area contributed by atoms with Gasteiger partial charge in [-0.1, -0.05) is 19.9 Å². The lowest BCUT2D eigenvalue weighted by Gasteiger charge is -2.24. The molecule has 1 saturated carbocycles. The lowest BCUT2D eigenvalue weighted by Crippen LogP contribution is -2.29. The molecule has 21 heavy (non-hydrogen) atoms. The molecule has 0 amide bonds. The average Bonchev–Trinajstić information content (AvgIpc) is 3.22. The van der Waals surface area contributed by atoms with Crippen molar-refractivity contribution < 1.29 is 14.3 Å². The molecule has 0 aromatic heterocycles. The summed E-state index contributed by atoms with van der Waals surface area (Å²) in [6.07, 6.45) is 4.75. The smallest absolute Gasteiger partial charge is 0.328 e. The number of carbonyl (C=O) groups is 1. The van der Waals surface area contributed by atoms with Gasteiger partial charge in [0.1, 0.15) is 5.82 Å². The van der Waals surface area contributed by atoms with Crippen LogP contribution in [0.1, 0.15) is 37.8 Å². The number of hydrogen-bond acceptors (Lipinski definition) is 2. The van der Waals surface area contributed by atoms with Crippen molar-refractivity contribution >= 4 is 12.0 Å². The van der Waals surface area contributed by atoms with E-state index < -0.39 is 11.8 Å². The maximum absolute atomic E-state index is 13.7. The largest absolute Gasteiger partial charge is 0.478 e. The van der Waals surface area contributed by atoms with Gasteiger partial charge in [0.15, 0.2) is 0 Å². The molecule has 1 aromatic rings. The first-order valence-corrected chi connectivity index (χ1v) is 7.39. The monoisotopic (exact) mass is 291 g/mol. The van der Waals surface area contributed by atoms with Gasteiger partial charge >= 0.3 is 5.97 Å². The number of nitrogens with zero attached hydrogens (tertiary/aromatic N) is 1. The number of hydrogen-bond donors (Lipinski definition) is 1. The maximum Gasteiger partial charge on any atom is 0.328 e. The van der Waals surface area contributed by atoms with E-state index in [0.29, 0.717) is 17.5 Å². The molecular weight excluding hydrogens is 269 g/mol. The zero-order valence-corrected chi connectivity index (χ0v) is 12.6. The molecule has 1 N–H and O–H groups in total. The second-order valence-electron chi connectivity index (χ2n) is 6.08. The zero-order chi connectivity index (χ0) is 15.4. The Hall–Kier alpha value is -1.68. The Kier molecular flexibility index (Phi) is 5.12. The van der Waals surface area contributed by atoms with Crippen molar-refractivity contribution in [1.82, 2.24) is 4.90 Å². The van der Waals surface area contributed by atoms with E-state index in [1.165, 1.54) is 25.0 Å². The SMILES string of the molecule is CC(C)CN(Cc1ccc(F)c(C=CC(=O)O)c1)C1CC1. The third-order valence-corrected chi connectivity index (χ3v) is 3.51. The fraction of sp³-hybridized carbons (Fsp3) is 0.471. The van der Waals surface area contributed by atoms with Gasteiger partial charge < -0.3 is 5.11 Å². The summed E-state index contributed by atoms with van der Waals surface area (Å²) < 4.78 is 13.7. The molecule has 0 atom stereocenters. The van der Waals surface area contributed by atoms with Gasteiger partial charge in [0.25, 0.3) is 0 Å². The van der Waals surface area contributed by atoms with Gasteiger partial charge in [-0.3, -0.25) is 4.90 Å². The first-order chi connectivity index (χ1) is 9.95. The highest BCUT2D eigenvalue weighted by atomic mass is 19.1. The van der Waals surface area contributed by atoms with Gasteiger partial charge in [0.2, 0.25) is 0 Å². The predicted molar refractivity (Wildman–Crippen MR) is 81.3 cm³/mol. The lowest BCUT2D eigenvalue weighted by molar-refractivity contribution is -0.131. The molecule has 0 bridgehead atoms. The molecule has 0 radical (unpaired) electrons. The highest BCUT2D eigenvalue weighted by Gasteiger charge is 2.29. The fourth-order valence-electron chi connectivity index (χ4n) is 2.47. The summed E-state index contributed by atoms with van der Waals surface area (Å²) in [7, 11) is 0. The molecule has 2 rings (SSSR count). The molecule has 3 nitrogen and oxygen atoms in total. The van der Waals surface area contributed by atoms with Crippen molar-refractivity contribution in [3.05, 3.63) is 41.2 Å². The quantitative estimate of drug-likeness (QED) is 0.781. The topological polar surface area (TPSA) is 40.5 Å². The average molecular weight is 291 g/mol. The molecular formula is C17H22FNO2. The van der Waals surface area contributed by atoms with Crippen LogP contribution in [0.4, 0.5) is 4.39 Å². The van der Waals surface area contributed by atoms with Crippen LogP contribution in [0.3, 0.4) is 0 Å². The lowest BCUT2D eigenvalue weighted by atomic mass is 10.1. The Labute approximate surface area is 125 Å². The number of rotatable bonds is 7. The van der Waals surface area contributed by atoms with Crippen molar-refractivity contribution in [1.29, 1.82) is 0 Å². The summed E-state index contributed by atoms with van der Waals surface area (Å²) in [5, 5.41) is 8.64. The van der Waals surface area contributed by atoms with Crippen LogP contribution in [0.2, 0.25) is 0 Å². The molecule has 0 spiro atoms. The van der Waals surface area contributed by atoms with Crippen LogP contribution in [0.15, 0.2) is 24.3 Å². The van der Waals surface area contributed by atoms with Gasteiger partial charge in [-0.05, 0) is 42.5 Å². The van der Waals surface area contributed by atoms with Crippen LogP contribution in [-0.2, 0) is 11.3 Å².